The van der Waals surface area contributed by atoms with Gasteiger partial charge in [-0.25, -0.2) is 0 Å². The van der Waals surface area contributed by atoms with Gasteiger partial charge in [0.2, 0.25) is 0 Å². The van der Waals surface area contributed by atoms with E-state index in [-0.39, 0.29) is 6.10 Å². The highest BCUT2D eigenvalue weighted by molar-refractivity contribution is 9.10. The van der Waals surface area contributed by atoms with E-state index in [1.54, 1.807) is 0 Å². The number of hydrogen-bond donors (Lipinski definition) is 2. The van der Waals surface area contributed by atoms with Gasteiger partial charge in [0.1, 0.15) is 0 Å². The van der Waals surface area contributed by atoms with E-state index < -0.39 is 0 Å². The quantitative estimate of drug-likeness (QED) is 0.828. The maximum Gasteiger partial charge on any atom is 0.0692 e. The number of aliphatic hydroxyl groups is 1. The Labute approximate surface area is 131 Å². The van der Waals surface area contributed by atoms with Crippen LogP contribution in [0.1, 0.15) is 44.2 Å². The molecule has 1 aromatic carbocycles. The minimum Gasteiger partial charge on any atom is -0.392 e. The molecule has 2 rings (SSSR count). The molecule has 1 aliphatic rings. The Bertz CT molecular complexity index is 431. The molecule has 0 fully saturated rings. The van der Waals surface area contributed by atoms with E-state index in [0.717, 1.165) is 32.2 Å². The standard InChI is InChI=1S/C17H26BrNO/c1-3-12(4-2)17(20)11-19-16-8-6-13-9-15(18)7-5-14(13)10-16/h5,7,9,12,16-17,19-20H,3-4,6,8,10-11H2,1-2H3. The SMILES string of the molecule is CCC(CC)C(O)CNC1CCc2cc(Br)ccc2C1. The normalized spacial score (nSPS) is 19.9. The molecule has 2 unspecified atom stereocenters. The number of benzene rings is 1. The van der Waals surface area contributed by atoms with Crippen molar-refractivity contribution in [2.24, 2.45) is 5.92 Å². The summed E-state index contributed by atoms with van der Waals surface area (Å²) in [7, 11) is 0. The van der Waals surface area contributed by atoms with E-state index in [2.05, 4.69) is 53.3 Å². The summed E-state index contributed by atoms with van der Waals surface area (Å²) < 4.78 is 1.17. The fourth-order valence-corrected chi connectivity index (χ4v) is 3.59. The van der Waals surface area contributed by atoms with Crippen LogP contribution in [0.4, 0.5) is 0 Å². The molecule has 0 bridgehead atoms. The number of aliphatic hydroxyl groups excluding tert-OH is 1. The Hall–Kier alpha value is -0.380. The molecule has 2 N–H and O–H groups in total. The van der Waals surface area contributed by atoms with Crippen molar-refractivity contribution in [3.8, 4) is 0 Å². The summed E-state index contributed by atoms with van der Waals surface area (Å²) in [6, 6.07) is 7.10. The van der Waals surface area contributed by atoms with Crippen LogP contribution in [0.5, 0.6) is 0 Å². The number of aryl methyl sites for hydroxylation is 1. The molecule has 0 heterocycles. The van der Waals surface area contributed by atoms with E-state index in [1.807, 2.05) is 0 Å². The Morgan fingerprint density at radius 2 is 2.05 bits per heavy atom. The predicted molar refractivity (Wildman–Crippen MR) is 88.0 cm³/mol. The molecule has 20 heavy (non-hydrogen) atoms. The highest BCUT2D eigenvalue weighted by Gasteiger charge is 2.21. The average molecular weight is 340 g/mol. The summed E-state index contributed by atoms with van der Waals surface area (Å²) in [4.78, 5) is 0. The fraction of sp³-hybridized carbons (Fsp3) is 0.647. The first-order chi connectivity index (χ1) is 9.63. The highest BCUT2D eigenvalue weighted by atomic mass is 79.9. The zero-order valence-electron chi connectivity index (χ0n) is 12.5. The maximum absolute atomic E-state index is 10.2. The Morgan fingerprint density at radius 3 is 2.75 bits per heavy atom. The fourth-order valence-electron chi connectivity index (χ4n) is 3.18. The van der Waals surface area contributed by atoms with Gasteiger partial charge in [-0.2, -0.15) is 0 Å². The van der Waals surface area contributed by atoms with Gasteiger partial charge in [0.15, 0.2) is 0 Å². The number of rotatable bonds is 6. The monoisotopic (exact) mass is 339 g/mol. The van der Waals surface area contributed by atoms with Crippen molar-refractivity contribution in [2.75, 3.05) is 6.54 Å². The van der Waals surface area contributed by atoms with Gasteiger partial charge in [0.05, 0.1) is 6.10 Å². The van der Waals surface area contributed by atoms with Gasteiger partial charge in [-0.15, -0.1) is 0 Å². The van der Waals surface area contributed by atoms with Gasteiger partial charge in [-0.1, -0.05) is 48.7 Å². The number of halogens is 1. The van der Waals surface area contributed by atoms with Crippen LogP contribution in [-0.4, -0.2) is 23.8 Å². The zero-order valence-corrected chi connectivity index (χ0v) is 14.1. The number of hydrogen-bond acceptors (Lipinski definition) is 2. The first kappa shape index (κ1) is 16.0. The predicted octanol–water partition coefficient (Wildman–Crippen LogP) is 3.69. The summed E-state index contributed by atoms with van der Waals surface area (Å²) >= 11 is 3.54. The molecule has 0 saturated heterocycles. The van der Waals surface area contributed by atoms with Crippen molar-refractivity contribution in [2.45, 2.75) is 58.1 Å². The summed E-state index contributed by atoms with van der Waals surface area (Å²) in [5, 5.41) is 13.8. The van der Waals surface area contributed by atoms with Crippen LogP contribution in [0.15, 0.2) is 22.7 Å². The molecule has 0 amide bonds. The summed E-state index contributed by atoms with van der Waals surface area (Å²) in [6.07, 6.45) is 5.28. The summed E-state index contributed by atoms with van der Waals surface area (Å²) in [5.74, 6) is 0.425. The zero-order chi connectivity index (χ0) is 14.5. The topological polar surface area (TPSA) is 32.3 Å². The van der Waals surface area contributed by atoms with Crippen LogP contribution in [-0.2, 0) is 12.8 Å². The Kier molecular flexibility index (Phi) is 6.06. The molecule has 3 heteroatoms. The van der Waals surface area contributed by atoms with E-state index in [0.29, 0.717) is 12.0 Å². The van der Waals surface area contributed by atoms with Gasteiger partial charge in [-0.3, -0.25) is 0 Å². The maximum atomic E-state index is 10.2. The highest BCUT2D eigenvalue weighted by Crippen LogP contribution is 2.25. The van der Waals surface area contributed by atoms with E-state index in [9.17, 15) is 5.11 Å². The van der Waals surface area contributed by atoms with Crippen LogP contribution in [0.2, 0.25) is 0 Å². The van der Waals surface area contributed by atoms with E-state index in [4.69, 9.17) is 0 Å². The third-order valence-electron chi connectivity index (χ3n) is 4.61. The molecule has 2 atom stereocenters. The lowest BCUT2D eigenvalue weighted by atomic mass is 9.88. The average Bonchev–Trinajstić information content (AvgIpc) is 2.46. The van der Waals surface area contributed by atoms with Gasteiger partial charge >= 0.3 is 0 Å². The second kappa shape index (κ2) is 7.58. The van der Waals surface area contributed by atoms with Crippen LogP contribution in [0, 0.1) is 5.92 Å². The van der Waals surface area contributed by atoms with Crippen molar-refractivity contribution in [1.82, 2.24) is 5.32 Å². The molecule has 0 aromatic heterocycles. The third-order valence-corrected chi connectivity index (χ3v) is 5.10. The van der Waals surface area contributed by atoms with Crippen molar-refractivity contribution in [3.63, 3.8) is 0 Å². The van der Waals surface area contributed by atoms with Gasteiger partial charge in [0, 0.05) is 17.1 Å². The smallest absolute Gasteiger partial charge is 0.0692 e. The third kappa shape index (κ3) is 4.06. The molecule has 0 spiro atoms. The van der Waals surface area contributed by atoms with Crippen LogP contribution >= 0.6 is 15.9 Å². The van der Waals surface area contributed by atoms with Crippen molar-refractivity contribution in [1.29, 1.82) is 0 Å². The van der Waals surface area contributed by atoms with Crippen molar-refractivity contribution >= 4 is 15.9 Å². The van der Waals surface area contributed by atoms with Gasteiger partial charge in [0.25, 0.3) is 0 Å². The molecule has 1 aliphatic carbocycles. The Morgan fingerprint density at radius 1 is 1.30 bits per heavy atom. The lowest BCUT2D eigenvalue weighted by Crippen LogP contribution is -2.41. The second-order valence-electron chi connectivity index (χ2n) is 5.90. The van der Waals surface area contributed by atoms with Crippen molar-refractivity contribution in [3.05, 3.63) is 33.8 Å². The lowest BCUT2D eigenvalue weighted by Gasteiger charge is -2.28. The summed E-state index contributed by atoms with van der Waals surface area (Å²) in [5.41, 5.74) is 2.92. The van der Waals surface area contributed by atoms with Crippen LogP contribution in [0.25, 0.3) is 0 Å². The summed E-state index contributed by atoms with van der Waals surface area (Å²) in [6.45, 7) is 5.04. The first-order valence-electron chi connectivity index (χ1n) is 7.82. The number of nitrogens with one attached hydrogen (secondary N) is 1. The molecule has 112 valence electrons. The molecule has 1 aromatic rings. The first-order valence-corrected chi connectivity index (χ1v) is 8.62. The minimum atomic E-state index is -0.212. The van der Waals surface area contributed by atoms with Crippen LogP contribution in [0.3, 0.4) is 0 Å². The Balaban J connectivity index is 1.86. The number of fused-ring (bicyclic) bond motifs is 1. The molecule has 0 radical (unpaired) electrons. The molecular weight excluding hydrogens is 314 g/mol. The molecule has 0 aliphatic heterocycles. The minimum absolute atomic E-state index is 0.212. The molecule has 0 saturated carbocycles. The van der Waals surface area contributed by atoms with E-state index in [1.165, 1.54) is 22.0 Å². The molecular formula is C17H26BrNO. The second-order valence-corrected chi connectivity index (χ2v) is 6.82. The molecule has 2 nitrogen and oxygen atoms in total. The van der Waals surface area contributed by atoms with E-state index >= 15 is 0 Å². The van der Waals surface area contributed by atoms with Gasteiger partial charge < -0.3 is 10.4 Å². The van der Waals surface area contributed by atoms with Gasteiger partial charge in [-0.05, 0) is 48.4 Å². The lowest BCUT2D eigenvalue weighted by molar-refractivity contribution is 0.0976. The van der Waals surface area contributed by atoms with Crippen LogP contribution < -0.4 is 5.32 Å². The largest absolute Gasteiger partial charge is 0.392 e. The van der Waals surface area contributed by atoms with Crippen molar-refractivity contribution < 1.29 is 5.11 Å².